The van der Waals surface area contributed by atoms with Crippen LogP contribution in [-0.4, -0.2) is 82.5 Å². The van der Waals surface area contributed by atoms with Gasteiger partial charge in [-0.2, -0.15) is 8.78 Å². The van der Waals surface area contributed by atoms with Crippen molar-refractivity contribution in [2.75, 3.05) is 32.1 Å². The van der Waals surface area contributed by atoms with Crippen molar-refractivity contribution in [3.05, 3.63) is 65.2 Å². The third kappa shape index (κ3) is 7.46. The van der Waals surface area contributed by atoms with Gasteiger partial charge in [0.05, 0.1) is 11.1 Å². The Morgan fingerprint density at radius 1 is 1.06 bits per heavy atom. The van der Waals surface area contributed by atoms with Crippen molar-refractivity contribution >= 4 is 69.3 Å². The number of thiophene rings is 1. The molecule has 1 saturated heterocycles. The molecule has 16 heteroatoms. The zero-order valence-electron chi connectivity index (χ0n) is 28.2. The van der Waals surface area contributed by atoms with E-state index in [9.17, 15) is 32.5 Å². The lowest BCUT2D eigenvalue weighted by molar-refractivity contribution is -0.141. The van der Waals surface area contributed by atoms with Crippen LogP contribution in [-0.2, 0) is 24.6 Å². The van der Waals surface area contributed by atoms with Crippen molar-refractivity contribution in [1.29, 1.82) is 0 Å². The minimum absolute atomic E-state index is 0.0527. The van der Waals surface area contributed by atoms with E-state index >= 15 is 0 Å². The van der Waals surface area contributed by atoms with Gasteiger partial charge in [-0.3, -0.25) is 23.7 Å². The maximum absolute atomic E-state index is 14.4. The Morgan fingerprint density at radius 3 is 2.44 bits per heavy atom. The van der Waals surface area contributed by atoms with E-state index in [1.807, 2.05) is 0 Å². The summed E-state index contributed by atoms with van der Waals surface area (Å²) in [4.78, 5) is 77.5. The fourth-order valence-electron chi connectivity index (χ4n) is 5.91. The second-order valence-electron chi connectivity index (χ2n) is 13.6. The van der Waals surface area contributed by atoms with Gasteiger partial charge in [-0.15, -0.1) is 11.3 Å². The zero-order chi connectivity index (χ0) is 36.8. The first-order valence-corrected chi connectivity index (χ1v) is 18.3. The van der Waals surface area contributed by atoms with Crippen molar-refractivity contribution in [2.24, 2.45) is 5.41 Å². The summed E-state index contributed by atoms with van der Waals surface area (Å²) in [6.07, 6.45) is 2.50. The number of fused-ring (bicyclic) bond motifs is 2. The first-order valence-electron chi connectivity index (χ1n) is 15.9. The Bertz CT molecular complexity index is 2000. The van der Waals surface area contributed by atoms with Gasteiger partial charge in [-0.25, -0.2) is 0 Å². The SMILES string of the molecule is CN(C)C(=O)CCN(C(=O)[C@@H]1CCCN1C(=O)C(NC(=O)c1cc2cc(C(F)(F)P(=O)(O)O)ccc2s1)C(C)(C)C)c1ccc2occc2c1. The van der Waals surface area contributed by atoms with Crippen LogP contribution in [0.3, 0.4) is 0 Å². The standard InChI is InChI=1S/C34H39F2N4O8PS/c1-33(2,3)29(37-30(42)27-19-21-17-22(8-11-26(21)50-27)34(35,36)49(45,46)47)32(44)40-14-6-7-24(40)31(43)39(15-12-28(41)38(4)5)23-9-10-25-20(18-23)13-16-48-25/h8-11,13,16-19,24,29H,6-7,12,14-15H2,1-5H3,(H,37,42)(H2,45,46,47)/t24-,29?/m0/s1. The normalized spacial score (nSPS) is 16.1. The van der Waals surface area contributed by atoms with E-state index in [1.54, 1.807) is 59.1 Å². The van der Waals surface area contributed by atoms with E-state index in [2.05, 4.69) is 5.32 Å². The van der Waals surface area contributed by atoms with Crippen molar-refractivity contribution in [2.45, 2.75) is 57.8 Å². The minimum Gasteiger partial charge on any atom is -0.464 e. The predicted octanol–water partition coefficient (Wildman–Crippen LogP) is 5.52. The monoisotopic (exact) mass is 732 g/mol. The molecule has 2 aromatic carbocycles. The van der Waals surface area contributed by atoms with Gasteiger partial charge in [0.2, 0.25) is 17.7 Å². The number of nitrogens with zero attached hydrogens (tertiary/aromatic N) is 3. The number of likely N-dealkylation sites (tertiary alicyclic amines) is 1. The van der Waals surface area contributed by atoms with Gasteiger partial charge in [-0.05, 0) is 66.1 Å². The summed E-state index contributed by atoms with van der Waals surface area (Å²) in [5, 5.41) is 3.73. The highest BCUT2D eigenvalue weighted by molar-refractivity contribution is 7.52. The van der Waals surface area contributed by atoms with Crippen molar-refractivity contribution in [3.63, 3.8) is 0 Å². The molecular formula is C34H39F2N4O8PS. The molecule has 4 aromatic rings. The maximum atomic E-state index is 14.4. The Hall–Kier alpha value is -4.17. The lowest BCUT2D eigenvalue weighted by Gasteiger charge is -2.36. The van der Waals surface area contributed by atoms with E-state index in [-0.39, 0.29) is 41.6 Å². The Labute approximate surface area is 291 Å². The number of carbonyl (C=O) groups is 4. The minimum atomic E-state index is -5.80. The molecule has 50 heavy (non-hydrogen) atoms. The highest BCUT2D eigenvalue weighted by atomic mass is 32.1. The van der Waals surface area contributed by atoms with Crippen LogP contribution in [0.5, 0.6) is 0 Å². The number of amides is 4. The van der Waals surface area contributed by atoms with Gasteiger partial charge >= 0.3 is 13.3 Å². The summed E-state index contributed by atoms with van der Waals surface area (Å²) >= 11 is 0.972. The number of carbonyl (C=O) groups excluding carboxylic acids is 4. The van der Waals surface area contributed by atoms with Crippen LogP contribution in [0.1, 0.15) is 55.3 Å². The number of benzene rings is 2. The molecule has 0 spiro atoms. The van der Waals surface area contributed by atoms with Gasteiger partial charge in [0.25, 0.3) is 5.91 Å². The molecule has 0 radical (unpaired) electrons. The van der Waals surface area contributed by atoms with Crippen molar-refractivity contribution < 1.29 is 46.7 Å². The number of anilines is 1. The molecule has 1 fully saturated rings. The fraction of sp³-hybridized carbons (Fsp3) is 0.412. The number of alkyl halides is 2. The fourth-order valence-corrected chi connectivity index (χ4v) is 7.34. The van der Waals surface area contributed by atoms with Crippen LogP contribution >= 0.6 is 18.9 Å². The summed E-state index contributed by atoms with van der Waals surface area (Å²) in [6, 6.07) is 9.47. The second-order valence-corrected chi connectivity index (χ2v) is 16.3. The van der Waals surface area contributed by atoms with Gasteiger partial charge < -0.3 is 34.2 Å². The van der Waals surface area contributed by atoms with Gasteiger partial charge in [0, 0.05) is 54.9 Å². The lowest BCUT2D eigenvalue weighted by Crippen LogP contribution is -2.58. The number of rotatable bonds is 10. The average molecular weight is 733 g/mol. The molecule has 3 heterocycles. The molecule has 4 amide bonds. The molecule has 1 aliphatic rings. The van der Waals surface area contributed by atoms with Crippen molar-refractivity contribution in [1.82, 2.24) is 15.1 Å². The predicted molar refractivity (Wildman–Crippen MR) is 185 cm³/mol. The summed E-state index contributed by atoms with van der Waals surface area (Å²) in [6.45, 7) is 5.64. The molecule has 0 aliphatic carbocycles. The Kier molecular flexibility index (Phi) is 10.3. The molecule has 3 N–H and O–H groups in total. The average Bonchev–Trinajstić information content (AvgIpc) is 3.81. The molecule has 268 valence electrons. The Balaban J connectivity index is 1.40. The largest absolute Gasteiger partial charge is 0.464 e. The molecule has 2 atom stereocenters. The van der Waals surface area contributed by atoms with E-state index in [0.29, 0.717) is 28.8 Å². The van der Waals surface area contributed by atoms with Crippen LogP contribution in [0.25, 0.3) is 21.1 Å². The number of hydrogen-bond acceptors (Lipinski definition) is 7. The first-order chi connectivity index (χ1) is 23.3. The smallest absolute Gasteiger partial charge is 0.399 e. The van der Waals surface area contributed by atoms with Crippen LogP contribution in [0, 0.1) is 5.41 Å². The van der Waals surface area contributed by atoms with Gasteiger partial charge in [-0.1, -0.05) is 26.8 Å². The second kappa shape index (κ2) is 13.9. The third-order valence-electron chi connectivity index (χ3n) is 8.72. The Morgan fingerprint density at radius 2 is 1.78 bits per heavy atom. The van der Waals surface area contributed by atoms with Crippen molar-refractivity contribution in [3.8, 4) is 0 Å². The molecule has 0 saturated carbocycles. The van der Waals surface area contributed by atoms with Gasteiger partial charge in [0.1, 0.15) is 17.7 Å². The van der Waals surface area contributed by atoms with Crippen LogP contribution in [0.4, 0.5) is 14.5 Å². The number of nitrogens with one attached hydrogen (secondary N) is 1. The lowest BCUT2D eigenvalue weighted by atomic mass is 9.85. The van der Waals surface area contributed by atoms with Crippen LogP contribution in [0.15, 0.2) is 59.2 Å². The van der Waals surface area contributed by atoms with Gasteiger partial charge in [0.15, 0.2) is 0 Å². The topological polar surface area (TPSA) is 161 Å². The summed E-state index contributed by atoms with van der Waals surface area (Å²) in [5.41, 5.74) is -4.95. The van der Waals surface area contributed by atoms with E-state index in [0.717, 1.165) is 28.9 Å². The molecule has 12 nitrogen and oxygen atoms in total. The zero-order valence-corrected chi connectivity index (χ0v) is 29.9. The summed E-state index contributed by atoms with van der Waals surface area (Å²) in [7, 11) is -2.53. The molecule has 1 aliphatic heterocycles. The number of hydrogen-bond donors (Lipinski definition) is 3. The first kappa shape index (κ1) is 37.1. The third-order valence-corrected chi connectivity index (χ3v) is 10.8. The van der Waals surface area contributed by atoms with E-state index < -0.39 is 48.1 Å². The molecule has 1 unspecified atom stereocenters. The van der Waals surface area contributed by atoms with Crippen LogP contribution in [0.2, 0.25) is 0 Å². The van der Waals surface area contributed by atoms with E-state index in [4.69, 9.17) is 14.2 Å². The molecule has 2 aromatic heterocycles. The van der Waals surface area contributed by atoms with E-state index in [1.165, 1.54) is 33.1 Å². The number of furan rings is 1. The quantitative estimate of drug-likeness (QED) is 0.180. The summed E-state index contributed by atoms with van der Waals surface area (Å²) < 4.78 is 46.0. The highest BCUT2D eigenvalue weighted by Crippen LogP contribution is 2.59. The highest BCUT2D eigenvalue weighted by Gasteiger charge is 2.50. The number of halogens is 2. The van der Waals surface area contributed by atoms with Crippen LogP contribution < -0.4 is 10.2 Å². The molecule has 0 bridgehead atoms. The summed E-state index contributed by atoms with van der Waals surface area (Å²) in [5.74, 6) is -1.66. The molecular weight excluding hydrogens is 693 g/mol. The molecule has 5 rings (SSSR count). The maximum Gasteiger partial charge on any atom is 0.399 e.